The molecule has 0 saturated heterocycles. The third-order valence-electron chi connectivity index (χ3n) is 3.50. The highest BCUT2D eigenvalue weighted by Crippen LogP contribution is 2.40. The van der Waals surface area contributed by atoms with E-state index in [0.29, 0.717) is 5.41 Å². The van der Waals surface area contributed by atoms with Crippen LogP contribution in [0.1, 0.15) is 59.8 Å². The zero-order valence-corrected chi connectivity index (χ0v) is 9.90. The van der Waals surface area contributed by atoms with Gasteiger partial charge in [0, 0.05) is 0 Å². The van der Waals surface area contributed by atoms with Gasteiger partial charge in [0.2, 0.25) is 0 Å². The van der Waals surface area contributed by atoms with Crippen LogP contribution in [-0.4, -0.2) is 6.54 Å². The number of hydrogen-bond acceptors (Lipinski definition) is 1. The molecule has 13 heavy (non-hydrogen) atoms. The van der Waals surface area contributed by atoms with E-state index in [4.69, 9.17) is 5.73 Å². The summed E-state index contributed by atoms with van der Waals surface area (Å²) in [4.78, 5) is 0. The van der Waals surface area contributed by atoms with Crippen molar-refractivity contribution in [2.24, 2.45) is 17.1 Å². The van der Waals surface area contributed by atoms with Gasteiger partial charge in [0.05, 0.1) is 0 Å². The third kappa shape index (κ3) is 4.12. The molecule has 0 atom stereocenters. The first kappa shape index (κ1) is 13.0. The zero-order chi connectivity index (χ0) is 10.3. The molecule has 0 spiro atoms. The van der Waals surface area contributed by atoms with E-state index in [9.17, 15) is 0 Å². The molecule has 1 aliphatic rings. The maximum absolute atomic E-state index is 5.63. The molecule has 2 N–H and O–H groups in total. The van der Waals surface area contributed by atoms with Crippen molar-refractivity contribution in [1.82, 2.24) is 0 Å². The predicted octanol–water partition coefficient (Wildman–Crippen LogP) is 3.58. The molecule has 1 heteroatoms. The second-order valence-corrected chi connectivity index (χ2v) is 4.34. The largest absolute Gasteiger partial charge is 0.330 e. The molecule has 1 fully saturated rings. The van der Waals surface area contributed by atoms with Crippen LogP contribution < -0.4 is 5.73 Å². The fraction of sp³-hybridized carbons (Fsp3) is 1.00. The van der Waals surface area contributed by atoms with Crippen LogP contribution in [0.15, 0.2) is 0 Å². The van der Waals surface area contributed by atoms with Gasteiger partial charge in [-0.05, 0) is 43.6 Å². The molecule has 0 radical (unpaired) electrons. The molecule has 0 bridgehead atoms. The lowest BCUT2D eigenvalue weighted by atomic mass is 9.70. The minimum Gasteiger partial charge on any atom is -0.330 e. The van der Waals surface area contributed by atoms with Gasteiger partial charge in [-0.2, -0.15) is 0 Å². The lowest BCUT2D eigenvalue weighted by Gasteiger charge is -2.36. The summed E-state index contributed by atoms with van der Waals surface area (Å²) in [5.41, 5.74) is 6.28. The highest BCUT2D eigenvalue weighted by molar-refractivity contribution is 4.81. The minimum atomic E-state index is 0.645. The molecule has 1 rings (SSSR count). The van der Waals surface area contributed by atoms with Gasteiger partial charge in [-0.3, -0.25) is 0 Å². The lowest BCUT2D eigenvalue weighted by Crippen LogP contribution is -2.27. The molecule has 1 nitrogen and oxygen atoms in total. The van der Waals surface area contributed by atoms with Gasteiger partial charge >= 0.3 is 0 Å². The summed E-state index contributed by atoms with van der Waals surface area (Å²) in [6.45, 7) is 9.63. The van der Waals surface area contributed by atoms with Crippen molar-refractivity contribution in [3.05, 3.63) is 0 Å². The summed E-state index contributed by atoms with van der Waals surface area (Å²) >= 11 is 0. The first-order valence-corrected chi connectivity index (χ1v) is 5.90. The smallest absolute Gasteiger partial charge is 0.00489 e. The normalized spacial score (nSPS) is 33.5. The molecule has 0 aromatic rings. The average molecular weight is 185 g/mol. The van der Waals surface area contributed by atoms with E-state index in [1.165, 1.54) is 32.1 Å². The molecule has 0 amide bonds. The quantitative estimate of drug-likeness (QED) is 0.699. The van der Waals surface area contributed by atoms with E-state index in [-0.39, 0.29) is 0 Å². The zero-order valence-electron chi connectivity index (χ0n) is 9.90. The van der Waals surface area contributed by atoms with Crippen molar-refractivity contribution in [1.29, 1.82) is 0 Å². The summed E-state index contributed by atoms with van der Waals surface area (Å²) in [5.74, 6) is 0.828. The van der Waals surface area contributed by atoms with Crippen molar-refractivity contribution in [3.8, 4) is 0 Å². The summed E-state index contributed by atoms with van der Waals surface area (Å²) in [5, 5.41) is 0. The molecule has 1 aliphatic carbocycles. The SMILES string of the molecule is CC.CCC1(C)CCC(CN)CC1. The standard InChI is InChI=1S/C10H21N.C2H6/c1-3-10(2)6-4-9(8-11)5-7-10;1-2/h9H,3-8,11H2,1-2H3;1-2H3. The topological polar surface area (TPSA) is 26.0 Å². The second kappa shape index (κ2) is 6.42. The highest BCUT2D eigenvalue weighted by atomic mass is 14.6. The van der Waals surface area contributed by atoms with E-state index in [1.807, 2.05) is 13.8 Å². The Morgan fingerprint density at radius 2 is 1.69 bits per heavy atom. The molecule has 0 unspecified atom stereocenters. The molecule has 0 heterocycles. The Kier molecular flexibility index (Phi) is 6.40. The van der Waals surface area contributed by atoms with Crippen molar-refractivity contribution in [3.63, 3.8) is 0 Å². The lowest BCUT2D eigenvalue weighted by molar-refractivity contribution is 0.167. The molecular formula is C12H27N. The molecule has 0 aromatic heterocycles. The molecule has 0 aliphatic heterocycles. The summed E-state index contributed by atoms with van der Waals surface area (Å²) in [6.07, 6.45) is 6.85. The van der Waals surface area contributed by atoms with E-state index in [2.05, 4.69) is 13.8 Å². The van der Waals surface area contributed by atoms with Crippen LogP contribution in [0.3, 0.4) is 0 Å². The second-order valence-electron chi connectivity index (χ2n) is 4.34. The van der Waals surface area contributed by atoms with Gasteiger partial charge in [-0.25, -0.2) is 0 Å². The third-order valence-corrected chi connectivity index (χ3v) is 3.50. The summed E-state index contributed by atoms with van der Waals surface area (Å²) in [6, 6.07) is 0. The van der Waals surface area contributed by atoms with Crippen LogP contribution in [0, 0.1) is 11.3 Å². The van der Waals surface area contributed by atoms with Crippen LogP contribution in [0.2, 0.25) is 0 Å². The predicted molar refractivity (Wildman–Crippen MR) is 60.8 cm³/mol. The van der Waals surface area contributed by atoms with Crippen LogP contribution in [-0.2, 0) is 0 Å². The van der Waals surface area contributed by atoms with Crippen molar-refractivity contribution in [2.45, 2.75) is 59.8 Å². The fourth-order valence-corrected chi connectivity index (χ4v) is 1.96. The molecular weight excluding hydrogens is 158 g/mol. The maximum Gasteiger partial charge on any atom is -0.00489 e. The van der Waals surface area contributed by atoms with Crippen molar-refractivity contribution < 1.29 is 0 Å². The van der Waals surface area contributed by atoms with Crippen molar-refractivity contribution in [2.75, 3.05) is 6.54 Å². The first-order chi connectivity index (χ1) is 6.20. The molecule has 1 saturated carbocycles. The van der Waals surface area contributed by atoms with E-state index in [0.717, 1.165) is 12.5 Å². The van der Waals surface area contributed by atoms with Gasteiger partial charge in [0.25, 0.3) is 0 Å². The van der Waals surface area contributed by atoms with Gasteiger partial charge in [0.15, 0.2) is 0 Å². The molecule has 0 aromatic carbocycles. The minimum absolute atomic E-state index is 0.645. The van der Waals surface area contributed by atoms with E-state index in [1.54, 1.807) is 0 Å². The van der Waals surface area contributed by atoms with Crippen molar-refractivity contribution >= 4 is 0 Å². The maximum atomic E-state index is 5.63. The van der Waals surface area contributed by atoms with Gasteiger partial charge in [-0.15, -0.1) is 0 Å². The summed E-state index contributed by atoms with van der Waals surface area (Å²) < 4.78 is 0. The van der Waals surface area contributed by atoms with Crippen LogP contribution >= 0.6 is 0 Å². The Hall–Kier alpha value is -0.0400. The molecule has 80 valence electrons. The Morgan fingerprint density at radius 1 is 1.23 bits per heavy atom. The van der Waals surface area contributed by atoms with E-state index >= 15 is 0 Å². The average Bonchev–Trinajstić information content (AvgIpc) is 2.22. The monoisotopic (exact) mass is 185 g/mol. The number of rotatable bonds is 2. The van der Waals surface area contributed by atoms with Gasteiger partial charge < -0.3 is 5.73 Å². The Balaban J connectivity index is 0.000000671. The van der Waals surface area contributed by atoms with Gasteiger partial charge in [-0.1, -0.05) is 34.1 Å². The number of hydrogen-bond donors (Lipinski definition) is 1. The summed E-state index contributed by atoms with van der Waals surface area (Å²) in [7, 11) is 0. The fourth-order valence-electron chi connectivity index (χ4n) is 1.96. The highest BCUT2D eigenvalue weighted by Gasteiger charge is 2.28. The first-order valence-electron chi connectivity index (χ1n) is 5.90. The number of nitrogens with two attached hydrogens (primary N) is 1. The van der Waals surface area contributed by atoms with E-state index < -0.39 is 0 Å². The van der Waals surface area contributed by atoms with Gasteiger partial charge in [0.1, 0.15) is 0 Å². The van der Waals surface area contributed by atoms with Crippen LogP contribution in [0.25, 0.3) is 0 Å². The van der Waals surface area contributed by atoms with Crippen LogP contribution in [0.4, 0.5) is 0 Å². The van der Waals surface area contributed by atoms with Crippen LogP contribution in [0.5, 0.6) is 0 Å². The Bertz CT molecular complexity index is 112. The Morgan fingerprint density at radius 3 is 2.00 bits per heavy atom. The Labute approximate surface area is 84.1 Å².